The number of hydrogen-bond acceptors (Lipinski definition) is 4. The maximum atomic E-state index is 2.75. The van der Waals surface area contributed by atoms with E-state index in [2.05, 4.69) is 261 Å². The van der Waals surface area contributed by atoms with Gasteiger partial charge in [0, 0.05) is 62.9 Å². The Morgan fingerprint density at radius 1 is 0.312 bits per heavy atom. The van der Waals surface area contributed by atoms with Gasteiger partial charge in [-0.2, -0.15) is 0 Å². The topological polar surface area (TPSA) is 13.0 Å². The van der Waals surface area contributed by atoms with Gasteiger partial charge in [0.25, 0.3) is 13.4 Å². The number of fused-ring (bicyclic) bond motifs is 20. The molecule has 0 N–H and O–H groups in total. The van der Waals surface area contributed by atoms with E-state index < -0.39 is 0 Å². The van der Waals surface area contributed by atoms with Gasteiger partial charge in [0.15, 0.2) is 0 Å². The summed E-state index contributed by atoms with van der Waals surface area (Å²) >= 11 is 0. The van der Waals surface area contributed by atoms with E-state index in [1.54, 1.807) is 0 Å². The van der Waals surface area contributed by atoms with Crippen LogP contribution in [0.25, 0.3) is 0 Å². The minimum atomic E-state index is -0.0504. The first-order valence-corrected chi connectivity index (χ1v) is 28.2. The summed E-state index contributed by atoms with van der Waals surface area (Å²) in [7, 11) is 0. The Labute approximate surface area is 453 Å². The van der Waals surface area contributed by atoms with Crippen LogP contribution >= 0.6 is 0 Å². The second kappa shape index (κ2) is 15.6. The summed E-state index contributed by atoms with van der Waals surface area (Å²) in [6.45, 7) is 14.4. The summed E-state index contributed by atoms with van der Waals surface area (Å²) < 4.78 is 0. The number of anilines is 12. The minimum Gasteiger partial charge on any atom is -0.312 e. The third-order valence-electron chi connectivity index (χ3n) is 18.8. The molecule has 2 atom stereocenters. The fraction of sp³-hybridized carbons (Fsp3) is 0.155. The van der Waals surface area contributed by atoms with Gasteiger partial charge in [-0.1, -0.05) is 187 Å². The zero-order valence-corrected chi connectivity index (χ0v) is 44.4. The molecule has 0 fully saturated rings. The molecule has 0 aliphatic carbocycles. The molecule has 0 radical (unpaired) electrons. The Balaban J connectivity index is 1.06. The van der Waals surface area contributed by atoms with Gasteiger partial charge in [0.1, 0.15) is 0 Å². The van der Waals surface area contributed by atoms with E-state index in [9.17, 15) is 0 Å². The molecule has 7 heterocycles. The smallest absolute Gasteiger partial charge is 0.252 e. The van der Waals surface area contributed by atoms with E-state index in [1.807, 2.05) is 0 Å². The number of nitrogens with zero attached hydrogens (tertiary/aromatic N) is 4. The van der Waals surface area contributed by atoms with E-state index in [0.29, 0.717) is 17.8 Å². The molecular weight excluding hydrogens is 930 g/mol. The fourth-order valence-electron chi connectivity index (χ4n) is 15.7. The van der Waals surface area contributed by atoms with E-state index in [1.165, 1.54) is 151 Å². The van der Waals surface area contributed by atoms with Gasteiger partial charge in [0.2, 0.25) is 0 Å². The van der Waals surface area contributed by atoms with Crippen LogP contribution < -0.4 is 52.4 Å². The second-order valence-electron chi connectivity index (χ2n) is 23.6. The van der Waals surface area contributed by atoms with Crippen molar-refractivity contribution >= 4 is 114 Å². The van der Waals surface area contributed by atoms with Crippen molar-refractivity contribution in [2.75, 3.05) is 19.6 Å². The van der Waals surface area contributed by atoms with Gasteiger partial charge >= 0.3 is 0 Å². The molecule has 6 heteroatoms. The highest BCUT2D eigenvalue weighted by Gasteiger charge is 2.57. The summed E-state index contributed by atoms with van der Waals surface area (Å²) in [5, 5.41) is 0. The molecule has 0 amide bonds. The molecule has 10 aromatic rings. The van der Waals surface area contributed by atoms with Gasteiger partial charge in [-0.05, 0) is 150 Å². The largest absolute Gasteiger partial charge is 0.312 e. The summed E-state index contributed by atoms with van der Waals surface area (Å²) in [6, 6.07) is 77.8. The zero-order valence-electron chi connectivity index (χ0n) is 44.4. The molecule has 4 nitrogen and oxygen atoms in total. The zero-order chi connectivity index (χ0) is 51.3. The van der Waals surface area contributed by atoms with Crippen LogP contribution in [-0.4, -0.2) is 13.4 Å². The molecule has 17 rings (SSSR count). The van der Waals surface area contributed by atoms with Crippen LogP contribution in [0.2, 0.25) is 0 Å². The highest BCUT2D eigenvalue weighted by molar-refractivity contribution is 7.05. The Morgan fingerprint density at radius 2 is 0.714 bits per heavy atom. The molecule has 0 spiro atoms. The first-order valence-electron chi connectivity index (χ1n) is 28.2. The van der Waals surface area contributed by atoms with Gasteiger partial charge in [-0.25, -0.2) is 0 Å². The van der Waals surface area contributed by atoms with Crippen molar-refractivity contribution < 1.29 is 0 Å². The van der Waals surface area contributed by atoms with Crippen LogP contribution in [0.3, 0.4) is 0 Å². The van der Waals surface area contributed by atoms with Crippen molar-refractivity contribution in [3.8, 4) is 0 Å². The summed E-state index contributed by atoms with van der Waals surface area (Å²) in [4.78, 5) is 10.7. The van der Waals surface area contributed by atoms with Crippen LogP contribution in [0.5, 0.6) is 0 Å². The predicted molar refractivity (Wildman–Crippen MR) is 325 cm³/mol. The number of benzene rings is 10. The van der Waals surface area contributed by atoms with Crippen molar-refractivity contribution in [2.45, 2.75) is 71.1 Å². The van der Waals surface area contributed by atoms with Gasteiger partial charge in [0.05, 0.1) is 22.7 Å². The lowest BCUT2D eigenvalue weighted by molar-refractivity contribution is 0.761. The molecule has 10 aromatic carbocycles. The fourth-order valence-corrected chi connectivity index (χ4v) is 15.7. The lowest BCUT2D eigenvalue weighted by atomic mass is 9.28. The standard InChI is InChI=1S/C71H56B2N4/c1-40(2)43-36-48(41(3)4)65(49(37-43)42(5)6)64-45-24-10-16-30-55(45)74(44-22-8-7-9-23-44)61-39-62-54(38-50(61)64)73-53-29-15-21-35-60(53)77-59-34-20-14-28-52(59)72-51-27-13-19-33-58(51)75-56-31-17-11-25-46(56)63-47-26-12-18-32-57(47)76(62)70-66(63)69(75)67(72)71(77)68(70)73/h7-42,63-64H,1-6H3. The molecule has 0 saturated heterocycles. The van der Waals surface area contributed by atoms with Crippen LogP contribution in [0, 0.1) is 0 Å². The lowest BCUT2D eigenvalue weighted by Crippen LogP contribution is -2.69. The first kappa shape index (κ1) is 43.7. The molecule has 0 aromatic heterocycles. The first-order chi connectivity index (χ1) is 37.8. The SMILES string of the molecule is CC(C)c1cc(C(C)C)c(C2c3ccccc3N(c3ccccc3)c3cc4c(cc32)B2c3ccccc3N3c5ccccc5B5c6ccccc6N6c7ccccc7C7c8ccccc8N4c4c2c3c5c6c47)c(C(C)C)c1. The van der Waals surface area contributed by atoms with E-state index in [4.69, 9.17) is 0 Å². The third kappa shape index (κ3) is 5.50. The molecule has 7 aliphatic heterocycles. The Bertz CT molecular complexity index is 4180. The quantitative estimate of drug-likeness (QED) is 0.159. The van der Waals surface area contributed by atoms with Crippen molar-refractivity contribution in [1.29, 1.82) is 0 Å². The summed E-state index contributed by atoms with van der Waals surface area (Å²) in [6.07, 6.45) is 0. The average Bonchev–Trinajstić information content (AvgIpc) is 3.65. The molecule has 366 valence electrons. The Hall–Kier alpha value is -8.47. The maximum absolute atomic E-state index is 2.75. The van der Waals surface area contributed by atoms with E-state index in [-0.39, 0.29) is 25.3 Å². The molecule has 0 saturated carbocycles. The minimum absolute atomic E-state index is 0.0157. The average molecular weight is 987 g/mol. The number of rotatable bonds is 5. The molecule has 7 aliphatic rings. The van der Waals surface area contributed by atoms with Crippen molar-refractivity contribution in [2.24, 2.45) is 0 Å². The Kier molecular flexibility index (Phi) is 8.85. The second-order valence-corrected chi connectivity index (χ2v) is 23.6. The van der Waals surface area contributed by atoms with E-state index in [0.717, 1.165) is 0 Å². The van der Waals surface area contributed by atoms with Gasteiger partial charge in [-0.3, -0.25) is 0 Å². The molecular formula is C71H56B2N4. The van der Waals surface area contributed by atoms with Crippen LogP contribution in [0.15, 0.2) is 200 Å². The van der Waals surface area contributed by atoms with E-state index >= 15 is 0 Å². The van der Waals surface area contributed by atoms with Crippen molar-refractivity contribution in [1.82, 2.24) is 0 Å². The highest BCUT2D eigenvalue weighted by atomic mass is 15.2. The van der Waals surface area contributed by atoms with Crippen LogP contribution in [0.1, 0.15) is 121 Å². The molecule has 0 bridgehead atoms. The van der Waals surface area contributed by atoms with Crippen molar-refractivity contribution in [3.05, 3.63) is 250 Å². The highest BCUT2D eigenvalue weighted by Crippen LogP contribution is 2.64. The normalized spacial score (nSPS) is 16.6. The lowest BCUT2D eigenvalue weighted by Gasteiger charge is -2.56. The van der Waals surface area contributed by atoms with Crippen LogP contribution in [-0.2, 0) is 0 Å². The van der Waals surface area contributed by atoms with Gasteiger partial charge in [-0.15, -0.1) is 0 Å². The van der Waals surface area contributed by atoms with Crippen molar-refractivity contribution in [3.63, 3.8) is 0 Å². The van der Waals surface area contributed by atoms with Crippen LogP contribution in [0.4, 0.5) is 68.2 Å². The number of para-hydroxylation sites is 7. The number of hydrogen-bond donors (Lipinski definition) is 0. The van der Waals surface area contributed by atoms with Gasteiger partial charge < -0.3 is 19.6 Å². The Morgan fingerprint density at radius 3 is 1.21 bits per heavy atom. The maximum Gasteiger partial charge on any atom is 0.252 e. The predicted octanol–water partition coefficient (Wildman–Crippen LogP) is 14.5. The molecule has 77 heavy (non-hydrogen) atoms. The monoisotopic (exact) mass is 986 g/mol. The summed E-state index contributed by atoms with van der Waals surface area (Å²) in [5.74, 6) is 1.08. The molecule has 2 unspecified atom stereocenters. The third-order valence-corrected chi connectivity index (χ3v) is 18.8. The summed E-state index contributed by atoms with van der Waals surface area (Å²) in [5.41, 5.74) is 36.4.